The molecule has 1 nitrogen and oxygen atoms in total. The van der Waals surface area contributed by atoms with Gasteiger partial charge in [-0.1, -0.05) is 158 Å². The first-order valence-electron chi connectivity index (χ1n) is 19.2. The van der Waals surface area contributed by atoms with Gasteiger partial charge in [-0.3, -0.25) is 0 Å². The number of benzene rings is 8. The van der Waals surface area contributed by atoms with E-state index < -0.39 is 0 Å². The third-order valence-corrected chi connectivity index (χ3v) is 11.5. The lowest BCUT2D eigenvalue weighted by atomic mass is 9.81. The first-order valence-corrected chi connectivity index (χ1v) is 19.2. The summed E-state index contributed by atoms with van der Waals surface area (Å²) in [6, 6.07) is 59.6. The van der Waals surface area contributed by atoms with Crippen molar-refractivity contribution in [1.29, 1.82) is 0 Å². The molecule has 2 aliphatic rings. The van der Waals surface area contributed by atoms with Crippen molar-refractivity contribution in [2.45, 2.75) is 0 Å². The van der Waals surface area contributed by atoms with Crippen molar-refractivity contribution in [3.63, 3.8) is 0 Å². The molecule has 0 radical (unpaired) electrons. The molecule has 0 saturated carbocycles. The summed E-state index contributed by atoms with van der Waals surface area (Å²) < 4.78 is 6.79. The molecule has 11 rings (SSSR count). The lowest BCUT2D eigenvalue weighted by Crippen LogP contribution is -2.11. The van der Waals surface area contributed by atoms with Gasteiger partial charge in [0.1, 0.15) is 11.2 Å². The summed E-state index contributed by atoms with van der Waals surface area (Å²) in [7, 11) is 0. The van der Waals surface area contributed by atoms with E-state index in [0.29, 0.717) is 11.8 Å². The Kier molecular flexibility index (Phi) is 7.38. The first kappa shape index (κ1) is 31.6. The van der Waals surface area contributed by atoms with Gasteiger partial charge in [0, 0.05) is 28.0 Å². The molecule has 0 saturated heterocycles. The monoisotopic (exact) mass is 700 g/mol. The average Bonchev–Trinajstić information content (AvgIpc) is 3.64. The van der Waals surface area contributed by atoms with Gasteiger partial charge >= 0.3 is 0 Å². The van der Waals surface area contributed by atoms with E-state index in [2.05, 4.69) is 206 Å². The van der Waals surface area contributed by atoms with Gasteiger partial charge < -0.3 is 4.42 Å². The maximum absolute atomic E-state index is 6.79. The van der Waals surface area contributed by atoms with Crippen molar-refractivity contribution in [3.05, 3.63) is 212 Å². The van der Waals surface area contributed by atoms with Gasteiger partial charge in [0.05, 0.1) is 0 Å². The lowest BCUT2D eigenvalue weighted by molar-refractivity contribution is 0.663. The van der Waals surface area contributed by atoms with Gasteiger partial charge in [-0.2, -0.15) is 0 Å². The van der Waals surface area contributed by atoms with Crippen LogP contribution in [0.3, 0.4) is 0 Å². The van der Waals surface area contributed by atoms with Crippen LogP contribution in [0.15, 0.2) is 211 Å². The van der Waals surface area contributed by atoms with E-state index in [1.54, 1.807) is 0 Å². The van der Waals surface area contributed by atoms with Crippen molar-refractivity contribution in [2.75, 3.05) is 0 Å². The van der Waals surface area contributed by atoms with Crippen LogP contribution < -0.4 is 0 Å². The van der Waals surface area contributed by atoms with Crippen LogP contribution in [0.1, 0.15) is 5.56 Å². The maximum atomic E-state index is 6.79. The topological polar surface area (TPSA) is 13.1 Å². The largest absolute Gasteiger partial charge is 0.455 e. The van der Waals surface area contributed by atoms with Gasteiger partial charge in [-0.15, -0.1) is 0 Å². The van der Waals surface area contributed by atoms with E-state index in [0.717, 1.165) is 32.9 Å². The highest BCUT2D eigenvalue weighted by molar-refractivity contribution is 6.19. The van der Waals surface area contributed by atoms with E-state index >= 15 is 0 Å². The molecular formula is C54H36O. The fourth-order valence-corrected chi connectivity index (χ4v) is 8.67. The van der Waals surface area contributed by atoms with Gasteiger partial charge in [0.25, 0.3) is 0 Å². The number of hydrogen-bond acceptors (Lipinski definition) is 1. The molecular weight excluding hydrogens is 665 g/mol. The number of allylic oxidation sites excluding steroid dienone is 8. The molecule has 55 heavy (non-hydrogen) atoms. The number of fused-ring (bicyclic) bond motifs is 7. The molecule has 258 valence electrons. The zero-order valence-corrected chi connectivity index (χ0v) is 30.2. The molecule has 2 aliphatic carbocycles. The Labute approximate surface area is 320 Å². The lowest BCUT2D eigenvalue weighted by Gasteiger charge is -2.23. The molecule has 0 aliphatic heterocycles. The molecule has 1 heterocycles. The first-order chi connectivity index (χ1) is 27.2. The molecule has 0 bridgehead atoms. The normalized spacial score (nSPS) is 16.3. The van der Waals surface area contributed by atoms with E-state index in [1.165, 1.54) is 66.2 Å². The summed E-state index contributed by atoms with van der Waals surface area (Å²) in [4.78, 5) is 0. The molecule has 0 N–H and O–H groups in total. The van der Waals surface area contributed by atoms with Crippen LogP contribution >= 0.6 is 0 Å². The average molecular weight is 701 g/mol. The Morgan fingerprint density at radius 2 is 0.964 bits per heavy atom. The second-order valence-corrected chi connectivity index (χ2v) is 14.9. The third kappa shape index (κ3) is 5.56. The third-order valence-electron chi connectivity index (χ3n) is 11.5. The van der Waals surface area contributed by atoms with Crippen LogP contribution in [0.5, 0.6) is 0 Å². The van der Waals surface area contributed by atoms with Crippen molar-refractivity contribution < 1.29 is 4.42 Å². The Hall–Kier alpha value is -6.96. The van der Waals surface area contributed by atoms with Gasteiger partial charge in [-0.25, -0.2) is 0 Å². The zero-order chi connectivity index (χ0) is 36.3. The molecule has 2 atom stereocenters. The van der Waals surface area contributed by atoms with Gasteiger partial charge in [-0.05, 0) is 120 Å². The minimum Gasteiger partial charge on any atom is -0.455 e. The summed E-state index contributed by atoms with van der Waals surface area (Å²) >= 11 is 0. The zero-order valence-electron chi connectivity index (χ0n) is 30.2. The summed E-state index contributed by atoms with van der Waals surface area (Å²) in [6.07, 6.45) is 16.0. The molecule has 0 spiro atoms. The number of furan rings is 1. The molecule has 8 aromatic carbocycles. The minimum atomic E-state index is 0.360. The second-order valence-electron chi connectivity index (χ2n) is 14.9. The highest BCUT2D eigenvalue weighted by Crippen LogP contribution is 2.42. The van der Waals surface area contributed by atoms with E-state index in [-0.39, 0.29) is 0 Å². The van der Waals surface area contributed by atoms with E-state index in [9.17, 15) is 0 Å². The molecule has 0 fully saturated rings. The summed E-state index contributed by atoms with van der Waals surface area (Å²) in [5.41, 5.74) is 13.9. The second kappa shape index (κ2) is 12.9. The van der Waals surface area contributed by atoms with Crippen LogP contribution in [0.25, 0.3) is 93.6 Å². The summed E-state index contributed by atoms with van der Waals surface area (Å²) in [5.74, 6) is 0.769. The van der Waals surface area contributed by atoms with Crippen molar-refractivity contribution in [1.82, 2.24) is 0 Å². The maximum Gasteiger partial charge on any atom is 0.143 e. The van der Waals surface area contributed by atoms with Crippen LogP contribution in [0.2, 0.25) is 0 Å². The number of hydrogen-bond donors (Lipinski definition) is 0. The van der Waals surface area contributed by atoms with Crippen LogP contribution in [-0.2, 0) is 0 Å². The smallest absolute Gasteiger partial charge is 0.143 e. The Morgan fingerprint density at radius 3 is 1.71 bits per heavy atom. The fourth-order valence-electron chi connectivity index (χ4n) is 8.67. The molecule has 1 heteroatoms. The predicted octanol–water partition coefficient (Wildman–Crippen LogP) is 14.9. The van der Waals surface area contributed by atoms with Crippen LogP contribution in [0, 0.1) is 11.8 Å². The standard InChI is InChI=1S/C54H36O/c1-3-11-35(12-4-1)39-21-22-41-29-43(24-23-40(41)28-39)46-30-45(42-20-19-36-13-7-8-16-38(36)27-42)31-47(32-46)44-25-26-49-52-34-51(37-14-5-2-6-15-37)48-17-9-10-18-50(48)54(52)55-53(49)33-44/h1-34,36,38H. The molecule has 2 unspecified atom stereocenters. The fraction of sp³-hybridized carbons (Fsp3) is 0.0370. The summed E-state index contributed by atoms with van der Waals surface area (Å²) in [5, 5.41) is 7.07. The Morgan fingerprint density at radius 1 is 0.364 bits per heavy atom. The Bertz CT molecular complexity index is 3080. The van der Waals surface area contributed by atoms with E-state index in [4.69, 9.17) is 4.42 Å². The van der Waals surface area contributed by atoms with Crippen LogP contribution in [-0.4, -0.2) is 0 Å². The quantitative estimate of drug-likeness (QED) is 0.174. The van der Waals surface area contributed by atoms with Crippen molar-refractivity contribution in [2.24, 2.45) is 11.8 Å². The van der Waals surface area contributed by atoms with Crippen molar-refractivity contribution >= 4 is 49.1 Å². The highest BCUT2D eigenvalue weighted by atomic mass is 16.3. The predicted molar refractivity (Wildman–Crippen MR) is 233 cm³/mol. The minimum absolute atomic E-state index is 0.360. The van der Waals surface area contributed by atoms with E-state index in [1.807, 2.05) is 0 Å². The van der Waals surface area contributed by atoms with Gasteiger partial charge in [0.15, 0.2) is 0 Å². The van der Waals surface area contributed by atoms with Crippen molar-refractivity contribution in [3.8, 4) is 44.5 Å². The van der Waals surface area contributed by atoms with Gasteiger partial charge in [0.2, 0.25) is 0 Å². The molecule has 0 amide bonds. The SMILES string of the molecule is C1=CC2C=CC(c3cc(-c4ccc5cc(-c6ccccc6)ccc5c4)cc(-c4ccc5c(c4)oc4c6ccccc6c(-c6ccccc6)cc54)c3)=CC2C=C1. The Balaban J connectivity index is 1.06. The number of rotatable bonds is 5. The van der Waals surface area contributed by atoms with Crippen LogP contribution in [0.4, 0.5) is 0 Å². The molecule has 9 aromatic rings. The highest BCUT2D eigenvalue weighted by Gasteiger charge is 2.20. The molecule has 1 aromatic heterocycles. The summed E-state index contributed by atoms with van der Waals surface area (Å²) in [6.45, 7) is 0.